The van der Waals surface area contributed by atoms with Crippen LogP contribution in [-0.2, 0) is 42.2 Å². The minimum atomic E-state index is -1.41. The Kier molecular flexibility index (Phi) is 15.8. The predicted octanol–water partition coefficient (Wildman–Crippen LogP) is 12.5. The number of carbonyl (C=O) groups excluding carboxylic acids is 2. The quantitative estimate of drug-likeness (QED) is 0.0317. The van der Waals surface area contributed by atoms with Gasteiger partial charge in [0.1, 0.15) is 23.7 Å². The molecule has 2 fully saturated rings. The highest BCUT2D eigenvalue weighted by molar-refractivity contribution is 5.90. The van der Waals surface area contributed by atoms with Crippen molar-refractivity contribution in [3.05, 3.63) is 216 Å². The zero-order valence-electron chi connectivity index (χ0n) is 48.5. The highest BCUT2D eigenvalue weighted by atomic mass is 16.6. The molecule has 3 aliphatic heterocycles. The van der Waals surface area contributed by atoms with Gasteiger partial charge >= 0.3 is 17.6 Å². The van der Waals surface area contributed by atoms with Crippen LogP contribution in [0.15, 0.2) is 154 Å². The summed E-state index contributed by atoms with van der Waals surface area (Å²) < 4.78 is 33.2. The first kappa shape index (κ1) is 56.9. The lowest BCUT2D eigenvalue weighted by Gasteiger charge is -2.48. The monoisotopic (exact) mass is 1140 g/mol. The molecule has 440 valence electrons. The Morgan fingerprint density at radius 3 is 2.41 bits per heavy atom. The maximum Gasteiger partial charge on any atom is 0.340 e. The lowest BCUT2D eigenvalue weighted by atomic mass is 9.56. The highest BCUT2D eigenvalue weighted by Crippen LogP contribution is 2.58. The van der Waals surface area contributed by atoms with Crippen molar-refractivity contribution in [2.75, 3.05) is 26.6 Å². The Bertz CT molecular complexity index is 3720. The fraction of sp³-hybridized carbons (Fsp3) is 0.411. The standard InChI is InChI=1S/C73H76O12/c1-43(39-75)56-27-19-44-17-20-46(21-18-44)57-28-25-49(48-12-9-14-54(35-48)73-32-8-7-13-53(73)26-24-47-11-4-6-16-62(47)73)34-52(57)37-64(78)82-68-66-63(30-29-59-61(40-76)65(71(80)83-67(59)66)51(31-33-74)41-81-42-77)85-72(2,69(68)84-70(56)79)55-36-50-23-22-45-10-3-5-15-58(45)60(50)38-55/h3-6,9-12,14-18,20-26,28-30,35,49-53,55,57,60,68-69,74-77H,7-8,13,19,27,31-34,36-42H2,1-2H3/b56-43-/t49-,50-,51+,52+,53+,55+,57-,60+,68+,69-,72-,73-/m0/s1. The maximum absolute atomic E-state index is 15.8. The smallest absolute Gasteiger partial charge is 0.340 e. The minimum Gasteiger partial charge on any atom is -0.483 e. The fourth-order valence-electron chi connectivity index (χ4n) is 16.4. The van der Waals surface area contributed by atoms with Crippen LogP contribution in [0.1, 0.15) is 169 Å². The Hall–Kier alpha value is -7.19. The SMILES string of the molecule is C/C(CO)=C1\CCc2ccc(cc2)[C@@H]2C=C[C@H](c3cccc([C@]45CCCC[C@@H]4C=Cc4ccccc45)c3)C[C@@H]2CC(=O)O[C@@H]2c3c(ccc4c(CO)c([C@H](CCO)COCO)c(=O)oc34)O[C@@](C)([C@@H]3C[C@@H]4C=Cc5ccccc5[C@@H]4C3)[C@H]2OC1=O. The summed E-state index contributed by atoms with van der Waals surface area (Å²) in [6.45, 7) is 1.57. The van der Waals surface area contributed by atoms with E-state index in [4.69, 9.17) is 23.4 Å². The molecular weight excluding hydrogens is 1070 g/mol. The van der Waals surface area contributed by atoms with Crippen molar-refractivity contribution >= 4 is 35.1 Å². The number of aliphatic hydroxyl groups is 4. The molecule has 5 aliphatic carbocycles. The van der Waals surface area contributed by atoms with Gasteiger partial charge in [0.15, 0.2) is 12.2 Å². The molecule has 2 saturated carbocycles. The number of rotatable bonds is 11. The molecule has 1 aromatic heterocycles. The summed E-state index contributed by atoms with van der Waals surface area (Å²) in [5.74, 6) is -1.80. The molecule has 85 heavy (non-hydrogen) atoms. The van der Waals surface area contributed by atoms with Crippen LogP contribution in [0.25, 0.3) is 23.1 Å². The van der Waals surface area contributed by atoms with Crippen LogP contribution in [0.2, 0.25) is 0 Å². The molecule has 0 saturated heterocycles. The number of carbonyl (C=O) groups is 2. The summed E-state index contributed by atoms with van der Waals surface area (Å²) in [5.41, 5.74) is 8.48. The second-order valence-corrected chi connectivity index (χ2v) is 25.2. The van der Waals surface area contributed by atoms with Crippen molar-refractivity contribution in [3.8, 4) is 5.75 Å². The van der Waals surface area contributed by atoms with Crippen molar-refractivity contribution in [2.45, 2.75) is 138 Å². The van der Waals surface area contributed by atoms with Crippen molar-refractivity contribution < 1.29 is 53.4 Å². The molecule has 4 heterocycles. The summed E-state index contributed by atoms with van der Waals surface area (Å²) in [6, 6.07) is 38.3. The van der Waals surface area contributed by atoms with Gasteiger partial charge in [0.25, 0.3) is 0 Å². The summed E-state index contributed by atoms with van der Waals surface area (Å²) in [7, 11) is 0. The Morgan fingerprint density at radius 2 is 1.60 bits per heavy atom. The number of hydrogen-bond donors (Lipinski definition) is 4. The lowest BCUT2D eigenvalue weighted by Crippen LogP contribution is -2.58. The number of allylic oxidation sites excluding steroid dienone is 4. The van der Waals surface area contributed by atoms with Gasteiger partial charge in [-0.25, -0.2) is 9.59 Å². The molecule has 0 spiro atoms. The van der Waals surface area contributed by atoms with Crippen molar-refractivity contribution in [3.63, 3.8) is 0 Å². The molecule has 0 radical (unpaired) electrons. The van der Waals surface area contributed by atoms with Crippen LogP contribution in [-0.4, -0.2) is 70.7 Å². The van der Waals surface area contributed by atoms with E-state index in [0.717, 1.165) is 36.0 Å². The van der Waals surface area contributed by atoms with Gasteiger partial charge < -0.3 is 43.8 Å². The normalized spacial score (nSPS) is 29.5. The summed E-state index contributed by atoms with van der Waals surface area (Å²) in [5, 5.41) is 42.1. The van der Waals surface area contributed by atoms with Gasteiger partial charge in [0.2, 0.25) is 0 Å². The maximum atomic E-state index is 15.8. The topological polar surface area (TPSA) is 182 Å². The van der Waals surface area contributed by atoms with Crippen LogP contribution < -0.4 is 10.4 Å². The number of aliphatic hydroxyl groups excluding tert-OH is 4. The van der Waals surface area contributed by atoms with E-state index in [9.17, 15) is 25.2 Å². The van der Waals surface area contributed by atoms with Crippen LogP contribution in [0.5, 0.6) is 5.75 Å². The van der Waals surface area contributed by atoms with E-state index in [2.05, 4.69) is 127 Å². The minimum absolute atomic E-state index is 0.00982. The number of aryl methyl sites for hydroxylation is 1. The van der Waals surface area contributed by atoms with E-state index >= 15 is 9.59 Å². The van der Waals surface area contributed by atoms with Gasteiger partial charge in [-0.2, -0.15) is 0 Å². The molecule has 4 N–H and O–H groups in total. The zero-order chi connectivity index (χ0) is 58.6. The van der Waals surface area contributed by atoms with Crippen LogP contribution in [0.4, 0.5) is 0 Å². The van der Waals surface area contributed by atoms with E-state index in [0.29, 0.717) is 48.1 Å². The van der Waals surface area contributed by atoms with Gasteiger partial charge in [0.05, 0.1) is 25.4 Å². The third kappa shape index (κ3) is 10.1. The average molecular weight is 1150 g/mol. The van der Waals surface area contributed by atoms with E-state index in [1.807, 2.05) is 13.0 Å². The molecule has 8 aliphatic rings. The van der Waals surface area contributed by atoms with E-state index in [1.54, 1.807) is 19.1 Å². The third-order valence-electron chi connectivity index (χ3n) is 20.8. The molecular formula is C73H76O12. The molecule has 0 unspecified atom stereocenters. The number of benzene rings is 5. The summed E-state index contributed by atoms with van der Waals surface area (Å²) in [6.07, 6.45) is 18.3. The molecule has 0 amide bonds. The highest BCUT2D eigenvalue weighted by Gasteiger charge is 2.59. The molecule has 12 heteroatoms. The van der Waals surface area contributed by atoms with Crippen LogP contribution >= 0.6 is 0 Å². The number of esters is 2. The van der Waals surface area contributed by atoms with Crippen molar-refractivity contribution in [1.29, 1.82) is 0 Å². The number of ether oxygens (including phenoxy) is 4. The third-order valence-corrected chi connectivity index (χ3v) is 20.8. The molecule has 14 rings (SSSR count). The first-order chi connectivity index (χ1) is 41.4. The molecule has 5 aromatic carbocycles. The predicted molar refractivity (Wildman–Crippen MR) is 325 cm³/mol. The van der Waals surface area contributed by atoms with Crippen molar-refractivity contribution in [1.82, 2.24) is 0 Å². The molecule has 12 nitrogen and oxygen atoms in total. The van der Waals surface area contributed by atoms with Crippen LogP contribution in [0, 0.1) is 23.7 Å². The number of hydrogen-bond acceptors (Lipinski definition) is 12. The Labute approximate surface area is 496 Å². The Morgan fingerprint density at radius 1 is 0.788 bits per heavy atom. The van der Waals surface area contributed by atoms with Gasteiger partial charge in [-0.1, -0.05) is 146 Å². The second-order valence-electron chi connectivity index (χ2n) is 25.2. The van der Waals surface area contributed by atoms with E-state index < -0.39 is 61.3 Å². The first-order valence-corrected chi connectivity index (χ1v) is 30.8. The van der Waals surface area contributed by atoms with E-state index in [1.165, 1.54) is 34.2 Å². The second kappa shape index (κ2) is 23.6. The average Bonchev–Trinajstić information content (AvgIpc) is 2.29. The first-order valence-electron chi connectivity index (χ1n) is 30.8. The molecule has 6 aromatic rings. The number of fused-ring (bicyclic) bond motifs is 17. The molecule has 12 atom stereocenters. The largest absolute Gasteiger partial charge is 0.483 e. The van der Waals surface area contributed by atoms with Crippen molar-refractivity contribution in [2.24, 2.45) is 23.7 Å². The lowest BCUT2D eigenvalue weighted by molar-refractivity contribution is -0.199. The summed E-state index contributed by atoms with van der Waals surface area (Å²) >= 11 is 0. The summed E-state index contributed by atoms with van der Waals surface area (Å²) in [4.78, 5) is 45.8. The van der Waals surface area contributed by atoms with E-state index in [-0.39, 0.29) is 101 Å². The van der Waals surface area contributed by atoms with Crippen LogP contribution in [0.3, 0.4) is 0 Å². The fourth-order valence-corrected chi connectivity index (χ4v) is 16.4. The van der Waals surface area contributed by atoms with Gasteiger partial charge in [0, 0.05) is 58.6 Å². The zero-order valence-corrected chi connectivity index (χ0v) is 48.5. The van der Waals surface area contributed by atoms with Gasteiger partial charge in [-0.3, -0.25) is 4.79 Å². The van der Waals surface area contributed by atoms with Gasteiger partial charge in [-0.05, 0) is 157 Å². The Balaban J connectivity index is 0.944. The molecule has 2 bridgehead atoms. The van der Waals surface area contributed by atoms with Gasteiger partial charge in [-0.15, -0.1) is 0 Å².